The quantitative estimate of drug-likeness (QED) is 0.489. The highest BCUT2D eigenvalue weighted by Crippen LogP contribution is 2.18. The summed E-state index contributed by atoms with van der Waals surface area (Å²) in [7, 11) is -0.611. The third kappa shape index (κ3) is 2.99. The minimum absolute atomic E-state index is 0.359. The smallest absolute Gasteiger partial charge is 0.346 e. The van der Waals surface area contributed by atoms with E-state index in [0.717, 1.165) is 0 Å². The van der Waals surface area contributed by atoms with Crippen LogP contribution < -0.4 is 0 Å². The fourth-order valence-electron chi connectivity index (χ4n) is 1.03. The number of rotatable bonds is 0. The topological polar surface area (TPSA) is 60.4 Å². The molecule has 1 aliphatic rings. The van der Waals surface area contributed by atoms with Gasteiger partial charge in [-0.15, -0.1) is 0 Å². The molecule has 0 saturated heterocycles. The molecule has 0 aliphatic carbocycles. The van der Waals surface area contributed by atoms with E-state index in [0.29, 0.717) is 11.1 Å². The number of ether oxygens (including phenoxy) is 1. The molecule has 1 aromatic rings. The third-order valence-corrected chi connectivity index (χ3v) is 1.55. The molecule has 0 atom stereocenters. The van der Waals surface area contributed by atoms with E-state index >= 15 is 0 Å². The zero-order chi connectivity index (χ0) is 11.4. The van der Waals surface area contributed by atoms with Gasteiger partial charge in [-0.3, -0.25) is 4.21 Å². The molecule has 0 radical (unpaired) electrons. The molecule has 0 amide bonds. The summed E-state index contributed by atoms with van der Waals surface area (Å²) in [6.07, 6.45) is 3.28. The van der Waals surface area contributed by atoms with Crippen LogP contribution >= 0.6 is 0 Å². The first-order valence-electron chi connectivity index (χ1n) is 4.13. The van der Waals surface area contributed by atoms with Crippen LogP contribution in [0.15, 0.2) is 24.3 Å². The van der Waals surface area contributed by atoms with E-state index in [-0.39, 0.29) is 0 Å². The normalized spacial score (nSPS) is 13.0. The van der Waals surface area contributed by atoms with Crippen molar-refractivity contribution in [1.29, 1.82) is 0 Å². The highest BCUT2D eigenvalue weighted by atomic mass is 32.2. The summed E-state index contributed by atoms with van der Waals surface area (Å²) >= 11 is 0. The lowest BCUT2D eigenvalue weighted by molar-refractivity contribution is 0.0444. The number of hydrogen-bond donors (Lipinski definition) is 0. The predicted molar refractivity (Wildman–Crippen MR) is 56.2 cm³/mol. The van der Waals surface area contributed by atoms with Gasteiger partial charge in [0.15, 0.2) is 0 Å². The fraction of sp³-hybridized carbons (Fsp3) is 0.200. The van der Waals surface area contributed by atoms with Crippen molar-refractivity contribution in [1.82, 2.24) is 0 Å². The second-order valence-electron chi connectivity index (χ2n) is 2.96. The second kappa shape index (κ2) is 4.84. The highest BCUT2D eigenvalue weighted by Gasteiger charge is 2.28. The molecule has 2 rings (SSSR count). The molecule has 1 aliphatic heterocycles. The van der Waals surface area contributed by atoms with Crippen molar-refractivity contribution in [3.05, 3.63) is 35.4 Å². The molecule has 1 heterocycles. The van der Waals surface area contributed by atoms with Gasteiger partial charge in [0.25, 0.3) is 0 Å². The molecule has 0 spiro atoms. The van der Waals surface area contributed by atoms with E-state index in [2.05, 4.69) is 4.74 Å². The van der Waals surface area contributed by atoms with Crippen molar-refractivity contribution in [3.8, 4) is 0 Å². The Morgan fingerprint density at radius 2 is 1.33 bits per heavy atom. The average molecular weight is 226 g/mol. The first-order valence-corrected chi connectivity index (χ1v) is 6.09. The number of benzene rings is 1. The van der Waals surface area contributed by atoms with E-state index in [4.69, 9.17) is 0 Å². The van der Waals surface area contributed by atoms with Crippen molar-refractivity contribution >= 4 is 22.7 Å². The van der Waals surface area contributed by atoms with Crippen LogP contribution in [0, 0.1) is 0 Å². The molecule has 0 saturated carbocycles. The Morgan fingerprint density at radius 3 is 1.67 bits per heavy atom. The molecular weight excluding hydrogens is 216 g/mol. The molecule has 15 heavy (non-hydrogen) atoms. The van der Waals surface area contributed by atoms with E-state index < -0.39 is 22.7 Å². The van der Waals surface area contributed by atoms with Gasteiger partial charge in [-0.2, -0.15) is 0 Å². The van der Waals surface area contributed by atoms with Crippen LogP contribution in [0.4, 0.5) is 0 Å². The number of carbonyl (C=O) groups excluding carboxylic acids is 2. The predicted octanol–water partition coefficient (Wildman–Crippen LogP) is 0.992. The number of carbonyl (C=O) groups is 2. The Morgan fingerprint density at radius 1 is 1.00 bits per heavy atom. The van der Waals surface area contributed by atoms with Gasteiger partial charge in [-0.1, -0.05) is 12.1 Å². The lowest BCUT2D eigenvalue weighted by atomic mass is 10.1. The van der Waals surface area contributed by atoms with Gasteiger partial charge in [0.05, 0.1) is 11.1 Å². The number of hydrogen-bond acceptors (Lipinski definition) is 4. The zero-order valence-electron chi connectivity index (χ0n) is 8.35. The first-order chi connectivity index (χ1) is 7.02. The van der Waals surface area contributed by atoms with Gasteiger partial charge in [-0.25, -0.2) is 9.59 Å². The molecule has 0 unspecified atom stereocenters. The summed E-state index contributed by atoms with van der Waals surface area (Å²) in [6, 6.07) is 6.53. The highest BCUT2D eigenvalue weighted by molar-refractivity contribution is 7.83. The largest absolute Gasteiger partial charge is 0.386 e. The molecule has 0 fully saturated rings. The van der Waals surface area contributed by atoms with Crippen molar-refractivity contribution in [2.24, 2.45) is 0 Å². The maximum Gasteiger partial charge on any atom is 0.346 e. The van der Waals surface area contributed by atoms with Crippen molar-refractivity contribution in [3.63, 3.8) is 0 Å². The van der Waals surface area contributed by atoms with Gasteiger partial charge >= 0.3 is 11.9 Å². The molecule has 80 valence electrons. The summed E-state index contributed by atoms with van der Waals surface area (Å²) < 4.78 is 13.9. The fourth-order valence-corrected chi connectivity index (χ4v) is 1.03. The van der Waals surface area contributed by atoms with Crippen LogP contribution in [0.2, 0.25) is 0 Å². The molecule has 4 nitrogen and oxygen atoms in total. The van der Waals surface area contributed by atoms with Crippen LogP contribution in [0.5, 0.6) is 0 Å². The summed E-state index contributed by atoms with van der Waals surface area (Å²) in [5.41, 5.74) is 0.718. The Hall–Kier alpha value is -1.49. The maximum absolute atomic E-state index is 10.8. The van der Waals surface area contributed by atoms with Crippen LogP contribution in [-0.4, -0.2) is 28.7 Å². The summed E-state index contributed by atoms with van der Waals surface area (Å²) in [6.45, 7) is 0. The molecular formula is C10H10O4S. The van der Waals surface area contributed by atoms with E-state index in [1.807, 2.05) is 0 Å². The van der Waals surface area contributed by atoms with Gasteiger partial charge in [0.1, 0.15) is 0 Å². The minimum Gasteiger partial charge on any atom is -0.386 e. The van der Waals surface area contributed by atoms with Gasteiger partial charge in [0, 0.05) is 23.3 Å². The zero-order valence-corrected chi connectivity index (χ0v) is 9.17. The van der Waals surface area contributed by atoms with Crippen molar-refractivity contribution < 1.29 is 18.5 Å². The monoisotopic (exact) mass is 226 g/mol. The van der Waals surface area contributed by atoms with Crippen LogP contribution in [0.1, 0.15) is 20.7 Å². The average Bonchev–Trinajstić information content (AvgIpc) is 2.43. The van der Waals surface area contributed by atoms with Gasteiger partial charge in [0.2, 0.25) is 0 Å². The summed E-state index contributed by atoms with van der Waals surface area (Å²) in [5.74, 6) is -1.10. The molecule has 0 bridgehead atoms. The van der Waals surface area contributed by atoms with E-state index in [9.17, 15) is 13.8 Å². The van der Waals surface area contributed by atoms with E-state index in [1.165, 1.54) is 0 Å². The molecule has 0 N–H and O–H groups in total. The Balaban J connectivity index is 0.000000245. The summed E-state index contributed by atoms with van der Waals surface area (Å²) in [5, 5.41) is 0. The van der Waals surface area contributed by atoms with Crippen LogP contribution in [-0.2, 0) is 15.5 Å². The standard InChI is InChI=1S/C8H4O3.C2H6OS/c9-7-5-3-1-2-4-6(5)8(10)11-7;1-4(2)3/h1-4H;1-2H3. The third-order valence-electron chi connectivity index (χ3n) is 1.55. The Labute approximate surface area is 89.7 Å². The Kier molecular flexibility index (Phi) is 3.74. The number of fused-ring (bicyclic) bond motifs is 1. The van der Waals surface area contributed by atoms with Crippen molar-refractivity contribution in [2.75, 3.05) is 12.5 Å². The SMILES string of the molecule is CS(C)=O.O=C1OC(=O)c2ccccc21. The number of esters is 2. The second-order valence-corrected chi connectivity index (χ2v) is 4.45. The van der Waals surface area contributed by atoms with Crippen molar-refractivity contribution in [2.45, 2.75) is 0 Å². The summed E-state index contributed by atoms with van der Waals surface area (Å²) in [4.78, 5) is 21.7. The van der Waals surface area contributed by atoms with Crippen LogP contribution in [0.3, 0.4) is 0 Å². The Bertz CT molecular complexity index is 388. The van der Waals surface area contributed by atoms with E-state index in [1.54, 1.807) is 36.8 Å². The lowest BCUT2D eigenvalue weighted by Gasteiger charge is -1.86. The minimum atomic E-state index is -0.611. The molecule has 5 heteroatoms. The van der Waals surface area contributed by atoms with Crippen LogP contribution in [0.25, 0.3) is 0 Å². The molecule has 0 aromatic heterocycles. The van der Waals surface area contributed by atoms with Gasteiger partial charge < -0.3 is 4.74 Å². The molecule has 1 aromatic carbocycles. The lowest BCUT2D eigenvalue weighted by Crippen LogP contribution is -1.96. The van der Waals surface area contributed by atoms with Gasteiger partial charge in [-0.05, 0) is 12.1 Å². The first kappa shape index (κ1) is 11.6. The number of cyclic esters (lactones) is 2. The maximum atomic E-state index is 10.8.